The smallest absolute Gasteiger partial charge is 0.294 e. The van der Waals surface area contributed by atoms with Crippen molar-refractivity contribution < 1.29 is 26.3 Å². The minimum Gasteiger partial charge on any atom is -0.294 e. The van der Waals surface area contributed by atoms with Crippen LogP contribution in [0.4, 0.5) is 26.3 Å². The molecule has 1 heterocycles. The minimum absolute atomic E-state index is 0.0210. The largest absolute Gasteiger partial charge is 0.417 e. The molecular weight excluding hydrogens is 314 g/mol. The van der Waals surface area contributed by atoms with Gasteiger partial charge < -0.3 is 0 Å². The average Bonchev–Trinajstić information content (AvgIpc) is 2.84. The van der Waals surface area contributed by atoms with Gasteiger partial charge in [0.1, 0.15) is 11.4 Å². The molecule has 0 saturated heterocycles. The lowest BCUT2D eigenvalue weighted by Gasteiger charge is -2.14. The fourth-order valence-corrected chi connectivity index (χ4v) is 1.82. The Labute approximate surface area is 119 Å². The number of hydrogen-bond acceptors (Lipinski definition) is 3. The predicted octanol–water partition coefficient (Wildman–Crippen LogP) is 3.56. The van der Waals surface area contributed by atoms with Crippen molar-refractivity contribution in [2.24, 2.45) is 4.99 Å². The Morgan fingerprint density at radius 2 is 1.77 bits per heavy atom. The van der Waals surface area contributed by atoms with Crippen LogP contribution in [0.1, 0.15) is 16.8 Å². The molecule has 118 valence electrons. The maximum atomic E-state index is 13.0. The number of aromatic amines is 1. The Hall–Kier alpha value is -2.39. The maximum Gasteiger partial charge on any atom is 0.417 e. The van der Waals surface area contributed by atoms with E-state index in [4.69, 9.17) is 0 Å². The van der Waals surface area contributed by atoms with E-state index in [0.29, 0.717) is 18.2 Å². The van der Waals surface area contributed by atoms with E-state index in [1.165, 1.54) is 7.05 Å². The summed E-state index contributed by atoms with van der Waals surface area (Å²) in [6.07, 6.45) is -8.49. The molecule has 4 nitrogen and oxygen atoms in total. The van der Waals surface area contributed by atoms with Gasteiger partial charge in [0.2, 0.25) is 0 Å². The van der Waals surface area contributed by atoms with Crippen molar-refractivity contribution in [2.75, 3.05) is 7.05 Å². The van der Waals surface area contributed by atoms with Crippen molar-refractivity contribution in [2.45, 2.75) is 12.4 Å². The first-order valence-corrected chi connectivity index (χ1v) is 5.76. The Bertz CT molecular complexity index is 698. The van der Waals surface area contributed by atoms with E-state index >= 15 is 0 Å². The first kappa shape index (κ1) is 16.0. The third kappa shape index (κ3) is 3.10. The van der Waals surface area contributed by atoms with Crippen LogP contribution >= 0.6 is 0 Å². The zero-order chi connectivity index (χ0) is 16.5. The number of nitrogens with one attached hydrogen (secondary N) is 1. The average molecular weight is 322 g/mol. The highest BCUT2D eigenvalue weighted by Crippen LogP contribution is 2.40. The van der Waals surface area contributed by atoms with Crippen molar-refractivity contribution in [1.29, 1.82) is 0 Å². The second kappa shape index (κ2) is 5.43. The van der Waals surface area contributed by atoms with Crippen LogP contribution in [0.15, 0.2) is 23.2 Å². The van der Waals surface area contributed by atoms with Gasteiger partial charge in [-0.3, -0.25) is 10.1 Å². The van der Waals surface area contributed by atoms with E-state index < -0.39 is 29.0 Å². The molecule has 0 fully saturated rings. The summed E-state index contributed by atoms with van der Waals surface area (Å²) in [6, 6.07) is 1.15. The number of rotatable bonds is 2. The molecule has 0 unspecified atom stereocenters. The summed E-state index contributed by atoms with van der Waals surface area (Å²) in [6.45, 7) is 0. The number of H-pyrrole nitrogens is 1. The highest BCUT2D eigenvalue weighted by atomic mass is 19.4. The number of aliphatic imine (C=N–C) groups is 1. The van der Waals surface area contributed by atoms with E-state index in [-0.39, 0.29) is 11.4 Å². The molecular formula is C12H8F6N4. The number of nitrogens with zero attached hydrogens (tertiary/aromatic N) is 3. The summed E-state index contributed by atoms with van der Waals surface area (Å²) in [4.78, 5) is 3.59. The molecule has 0 radical (unpaired) electrons. The van der Waals surface area contributed by atoms with Gasteiger partial charge >= 0.3 is 12.4 Å². The zero-order valence-corrected chi connectivity index (χ0v) is 10.9. The van der Waals surface area contributed by atoms with E-state index in [1.807, 2.05) is 0 Å². The first-order chi connectivity index (χ1) is 10.1. The highest BCUT2D eigenvalue weighted by molar-refractivity contribution is 5.87. The minimum atomic E-state index is -4.83. The van der Waals surface area contributed by atoms with Crippen LogP contribution in [0.3, 0.4) is 0 Å². The van der Waals surface area contributed by atoms with Crippen LogP contribution in [0.25, 0.3) is 11.3 Å². The standard InChI is InChI=1S/C12H8F6N4/c1-19-5-9-10(21-22-20-9)7-4-6(11(13,14)15)2-3-8(7)12(16,17)18/h2-5H,1H3,(H,20,21,22)/b19-5+. The Kier molecular flexibility index (Phi) is 3.94. The molecule has 0 aliphatic heterocycles. The van der Waals surface area contributed by atoms with Crippen LogP contribution in [0.5, 0.6) is 0 Å². The van der Waals surface area contributed by atoms with Gasteiger partial charge in [-0.05, 0) is 18.2 Å². The van der Waals surface area contributed by atoms with Crippen LogP contribution in [-0.4, -0.2) is 28.7 Å². The van der Waals surface area contributed by atoms with E-state index in [2.05, 4.69) is 20.4 Å². The topological polar surface area (TPSA) is 53.9 Å². The maximum absolute atomic E-state index is 13.0. The molecule has 0 bridgehead atoms. The van der Waals surface area contributed by atoms with Crippen molar-refractivity contribution in [3.63, 3.8) is 0 Å². The first-order valence-electron chi connectivity index (χ1n) is 5.76. The Morgan fingerprint density at radius 1 is 1.09 bits per heavy atom. The molecule has 0 aliphatic rings. The lowest BCUT2D eigenvalue weighted by Crippen LogP contribution is -2.11. The molecule has 1 aromatic carbocycles. The summed E-state index contributed by atoms with van der Waals surface area (Å²) in [7, 11) is 1.35. The number of alkyl halides is 6. The molecule has 2 aromatic rings. The quantitative estimate of drug-likeness (QED) is 0.679. The van der Waals surface area contributed by atoms with Crippen molar-refractivity contribution in [3.05, 3.63) is 35.0 Å². The third-order valence-corrected chi connectivity index (χ3v) is 2.74. The molecule has 0 atom stereocenters. The summed E-state index contributed by atoms with van der Waals surface area (Å²) in [5, 5.41) is 9.04. The number of aromatic nitrogens is 3. The SMILES string of the molecule is C/N=C/c1[nH]nnc1-c1cc(C(F)(F)F)ccc1C(F)(F)F. The van der Waals surface area contributed by atoms with E-state index in [9.17, 15) is 26.3 Å². The Balaban J connectivity index is 2.72. The van der Waals surface area contributed by atoms with Gasteiger partial charge in [-0.15, -0.1) is 5.10 Å². The molecule has 1 N–H and O–H groups in total. The fraction of sp³-hybridized carbons (Fsp3) is 0.250. The molecule has 2 rings (SSSR count). The fourth-order valence-electron chi connectivity index (χ4n) is 1.82. The molecule has 10 heteroatoms. The predicted molar refractivity (Wildman–Crippen MR) is 65.3 cm³/mol. The van der Waals surface area contributed by atoms with Gasteiger partial charge in [0.15, 0.2) is 0 Å². The molecule has 0 saturated carbocycles. The van der Waals surface area contributed by atoms with Gasteiger partial charge in [0.25, 0.3) is 0 Å². The van der Waals surface area contributed by atoms with Gasteiger partial charge in [-0.25, -0.2) is 0 Å². The zero-order valence-electron chi connectivity index (χ0n) is 10.9. The summed E-state index contributed by atoms with van der Waals surface area (Å²) in [5.74, 6) is 0. The van der Waals surface area contributed by atoms with Crippen LogP contribution in [0, 0.1) is 0 Å². The van der Waals surface area contributed by atoms with Gasteiger partial charge in [0, 0.05) is 18.8 Å². The summed E-state index contributed by atoms with van der Waals surface area (Å²) in [5.41, 5.74) is -3.54. The lowest BCUT2D eigenvalue weighted by atomic mass is 9.99. The number of benzene rings is 1. The summed E-state index contributed by atoms with van der Waals surface area (Å²) >= 11 is 0. The molecule has 0 spiro atoms. The molecule has 0 amide bonds. The van der Waals surface area contributed by atoms with Gasteiger partial charge in [0.05, 0.1) is 11.1 Å². The van der Waals surface area contributed by atoms with E-state index in [0.717, 1.165) is 6.21 Å². The number of hydrogen-bond donors (Lipinski definition) is 1. The second-order valence-electron chi connectivity index (χ2n) is 4.22. The number of halogens is 6. The molecule has 1 aromatic heterocycles. The van der Waals surface area contributed by atoms with Crippen LogP contribution < -0.4 is 0 Å². The highest BCUT2D eigenvalue weighted by Gasteiger charge is 2.38. The van der Waals surface area contributed by atoms with Crippen molar-refractivity contribution in [1.82, 2.24) is 15.4 Å². The normalized spacial score (nSPS) is 13.0. The van der Waals surface area contributed by atoms with E-state index in [1.54, 1.807) is 0 Å². The van der Waals surface area contributed by atoms with Gasteiger partial charge in [-0.2, -0.15) is 26.3 Å². The van der Waals surface area contributed by atoms with Gasteiger partial charge in [-0.1, -0.05) is 5.21 Å². The lowest BCUT2D eigenvalue weighted by molar-refractivity contribution is -0.141. The monoisotopic (exact) mass is 322 g/mol. The van der Waals surface area contributed by atoms with Crippen LogP contribution in [0.2, 0.25) is 0 Å². The summed E-state index contributed by atoms with van der Waals surface area (Å²) < 4.78 is 77.2. The second-order valence-corrected chi connectivity index (χ2v) is 4.22. The third-order valence-electron chi connectivity index (χ3n) is 2.74. The Morgan fingerprint density at radius 3 is 2.32 bits per heavy atom. The van der Waals surface area contributed by atoms with Crippen molar-refractivity contribution >= 4 is 6.21 Å². The van der Waals surface area contributed by atoms with Crippen molar-refractivity contribution in [3.8, 4) is 11.3 Å². The van der Waals surface area contributed by atoms with Crippen LogP contribution in [-0.2, 0) is 12.4 Å². The molecule has 0 aliphatic carbocycles. The molecule has 22 heavy (non-hydrogen) atoms.